The molecule has 1 aliphatic heterocycles. The molecule has 16 heavy (non-hydrogen) atoms. The zero-order valence-electron chi connectivity index (χ0n) is 8.64. The fraction of sp³-hybridized carbons (Fsp3) is 0.154. The lowest BCUT2D eigenvalue weighted by molar-refractivity contribution is -0.117. The fourth-order valence-electron chi connectivity index (χ4n) is 2.11. The van der Waals surface area contributed by atoms with Gasteiger partial charge >= 0.3 is 0 Å². The predicted octanol–water partition coefficient (Wildman–Crippen LogP) is 2.56. The summed E-state index contributed by atoms with van der Waals surface area (Å²) in [7, 11) is 0. The summed E-state index contributed by atoms with van der Waals surface area (Å²) < 4.78 is 5.28. The van der Waals surface area contributed by atoms with Crippen LogP contribution in [0.2, 0.25) is 0 Å². The molecule has 80 valence electrons. The Morgan fingerprint density at radius 3 is 2.88 bits per heavy atom. The van der Waals surface area contributed by atoms with E-state index in [1.807, 2.05) is 36.4 Å². The quantitative estimate of drug-likeness (QED) is 0.833. The second-order valence-electron chi connectivity index (χ2n) is 3.91. The summed E-state index contributed by atoms with van der Waals surface area (Å²) in [6.07, 6.45) is 2.25. The monoisotopic (exact) mass is 213 g/mol. The SMILES string of the molecule is O=C1Nc2ccccc2[C@@H]1Cc1ccco1. The highest BCUT2D eigenvalue weighted by Crippen LogP contribution is 2.34. The van der Waals surface area contributed by atoms with Crippen molar-refractivity contribution in [3.8, 4) is 0 Å². The van der Waals surface area contributed by atoms with Crippen LogP contribution in [-0.4, -0.2) is 5.91 Å². The highest BCUT2D eigenvalue weighted by Gasteiger charge is 2.30. The van der Waals surface area contributed by atoms with E-state index in [0.29, 0.717) is 6.42 Å². The summed E-state index contributed by atoms with van der Waals surface area (Å²) >= 11 is 0. The smallest absolute Gasteiger partial charge is 0.232 e. The van der Waals surface area contributed by atoms with Gasteiger partial charge in [-0.15, -0.1) is 0 Å². The van der Waals surface area contributed by atoms with Gasteiger partial charge in [0.25, 0.3) is 0 Å². The third-order valence-corrected chi connectivity index (χ3v) is 2.90. The molecule has 3 rings (SSSR count). The number of carbonyl (C=O) groups excluding carboxylic acids is 1. The maximum atomic E-state index is 11.8. The van der Waals surface area contributed by atoms with Gasteiger partial charge in [0.2, 0.25) is 5.91 Å². The molecule has 0 radical (unpaired) electrons. The molecule has 1 amide bonds. The van der Waals surface area contributed by atoms with Gasteiger partial charge in [-0.3, -0.25) is 4.79 Å². The molecule has 1 aliphatic rings. The van der Waals surface area contributed by atoms with Crippen LogP contribution in [0, 0.1) is 0 Å². The molecule has 0 unspecified atom stereocenters. The van der Waals surface area contributed by atoms with E-state index in [9.17, 15) is 4.79 Å². The third-order valence-electron chi connectivity index (χ3n) is 2.90. The third kappa shape index (κ3) is 1.41. The van der Waals surface area contributed by atoms with Gasteiger partial charge < -0.3 is 9.73 Å². The first-order valence-electron chi connectivity index (χ1n) is 5.27. The van der Waals surface area contributed by atoms with E-state index in [1.54, 1.807) is 6.26 Å². The Labute approximate surface area is 93.1 Å². The standard InChI is InChI=1S/C13H11NO2/c15-13-11(8-9-4-3-7-16-9)10-5-1-2-6-12(10)14-13/h1-7,11H,8H2,(H,14,15)/t11-/m0/s1. The van der Waals surface area contributed by atoms with Crippen molar-refractivity contribution >= 4 is 11.6 Å². The minimum absolute atomic E-state index is 0.0533. The Kier molecular flexibility index (Phi) is 2.03. The van der Waals surface area contributed by atoms with Crippen LogP contribution in [0.5, 0.6) is 0 Å². The lowest BCUT2D eigenvalue weighted by Crippen LogP contribution is -2.13. The topological polar surface area (TPSA) is 42.2 Å². The van der Waals surface area contributed by atoms with Gasteiger partial charge in [-0.05, 0) is 23.8 Å². The summed E-state index contributed by atoms with van der Waals surface area (Å²) in [5, 5.41) is 2.88. The molecule has 0 bridgehead atoms. The molecule has 0 fully saturated rings. The second-order valence-corrected chi connectivity index (χ2v) is 3.91. The van der Waals surface area contributed by atoms with E-state index < -0.39 is 0 Å². The minimum atomic E-state index is -0.123. The molecule has 2 aromatic rings. The number of hydrogen-bond donors (Lipinski definition) is 1. The number of furan rings is 1. The summed E-state index contributed by atoms with van der Waals surface area (Å²) in [6, 6.07) is 11.5. The fourth-order valence-corrected chi connectivity index (χ4v) is 2.11. The number of amides is 1. The van der Waals surface area contributed by atoms with E-state index in [-0.39, 0.29) is 11.8 Å². The number of carbonyl (C=O) groups is 1. The number of rotatable bonds is 2. The summed E-state index contributed by atoms with van der Waals surface area (Å²) in [5.41, 5.74) is 1.98. The molecule has 1 N–H and O–H groups in total. The van der Waals surface area contributed by atoms with Gasteiger partial charge in [0.05, 0.1) is 12.2 Å². The normalized spacial score (nSPS) is 18.2. The van der Waals surface area contributed by atoms with E-state index in [4.69, 9.17) is 4.42 Å². The van der Waals surface area contributed by atoms with Gasteiger partial charge in [-0.25, -0.2) is 0 Å². The average molecular weight is 213 g/mol. The molecular weight excluding hydrogens is 202 g/mol. The molecule has 1 aromatic carbocycles. The van der Waals surface area contributed by atoms with Gasteiger partial charge in [0.1, 0.15) is 5.76 Å². The maximum Gasteiger partial charge on any atom is 0.232 e. The predicted molar refractivity (Wildman–Crippen MR) is 60.2 cm³/mol. The van der Waals surface area contributed by atoms with Crippen molar-refractivity contribution in [1.82, 2.24) is 0 Å². The highest BCUT2D eigenvalue weighted by molar-refractivity contribution is 6.02. The van der Waals surface area contributed by atoms with Crippen LogP contribution in [0.25, 0.3) is 0 Å². The van der Waals surface area contributed by atoms with E-state index in [1.165, 1.54) is 0 Å². The van der Waals surface area contributed by atoms with Crippen LogP contribution in [0.15, 0.2) is 47.1 Å². The first-order valence-corrected chi connectivity index (χ1v) is 5.27. The number of hydrogen-bond acceptors (Lipinski definition) is 2. The molecule has 0 aliphatic carbocycles. The van der Waals surface area contributed by atoms with Gasteiger partial charge in [0, 0.05) is 12.1 Å². The molecule has 3 heteroatoms. The summed E-state index contributed by atoms with van der Waals surface area (Å²) in [5.74, 6) is 0.775. The van der Waals surface area contributed by atoms with Crippen molar-refractivity contribution in [3.63, 3.8) is 0 Å². The van der Waals surface area contributed by atoms with E-state index in [2.05, 4.69) is 5.32 Å². The Morgan fingerprint density at radius 2 is 2.06 bits per heavy atom. The van der Waals surface area contributed by atoms with Gasteiger partial charge in [-0.1, -0.05) is 18.2 Å². The molecule has 0 spiro atoms. The van der Waals surface area contributed by atoms with Crippen molar-refractivity contribution in [2.45, 2.75) is 12.3 Å². The first kappa shape index (κ1) is 9.21. The molecule has 2 heterocycles. The Morgan fingerprint density at radius 1 is 1.19 bits per heavy atom. The molecule has 1 atom stereocenters. The summed E-state index contributed by atoms with van der Waals surface area (Å²) in [6.45, 7) is 0. The van der Waals surface area contributed by atoms with Crippen LogP contribution < -0.4 is 5.32 Å². The number of nitrogens with one attached hydrogen (secondary N) is 1. The number of anilines is 1. The molecular formula is C13H11NO2. The summed E-state index contributed by atoms with van der Waals surface area (Å²) in [4.78, 5) is 11.8. The number of para-hydroxylation sites is 1. The Hall–Kier alpha value is -2.03. The van der Waals surface area contributed by atoms with Crippen molar-refractivity contribution < 1.29 is 9.21 Å². The maximum absolute atomic E-state index is 11.8. The van der Waals surface area contributed by atoms with Crippen LogP contribution >= 0.6 is 0 Å². The lowest BCUT2D eigenvalue weighted by atomic mass is 9.96. The van der Waals surface area contributed by atoms with Gasteiger partial charge in [0.15, 0.2) is 0 Å². The number of benzene rings is 1. The zero-order chi connectivity index (χ0) is 11.0. The minimum Gasteiger partial charge on any atom is -0.469 e. The lowest BCUT2D eigenvalue weighted by Gasteiger charge is -2.05. The zero-order valence-corrected chi connectivity index (χ0v) is 8.64. The van der Waals surface area contributed by atoms with Crippen molar-refractivity contribution in [2.24, 2.45) is 0 Å². The van der Waals surface area contributed by atoms with Crippen LogP contribution in [0.3, 0.4) is 0 Å². The van der Waals surface area contributed by atoms with E-state index >= 15 is 0 Å². The van der Waals surface area contributed by atoms with Gasteiger partial charge in [-0.2, -0.15) is 0 Å². The largest absolute Gasteiger partial charge is 0.469 e. The van der Waals surface area contributed by atoms with Crippen LogP contribution in [-0.2, 0) is 11.2 Å². The average Bonchev–Trinajstić information content (AvgIpc) is 2.89. The Balaban J connectivity index is 1.93. The molecule has 1 aromatic heterocycles. The second kappa shape index (κ2) is 3.52. The van der Waals surface area contributed by atoms with Crippen LogP contribution in [0.1, 0.15) is 17.2 Å². The molecule has 0 saturated heterocycles. The molecule has 0 saturated carbocycles. The van der Waals surface area contributed by atoms with Crippen LogP contribution in [0.4, 0.5) is 5.69 Å². The van der Waals surface area contributed by atoms with Crippen molar-refractivity contribution in [2.75, 3.05) is 5.32 Å². The highest BCUT2D eigenvalue weighted by atomic mass is 16.3. The van der Waals surface area contributed by atoms with Crippen molar-refractivity contribution in [1.29, 1.82) is 0 Å². The van der Waals surface area contributed by atoms with E-state index in [0.717, 1.165) is 17.0 Å². The van der Waals surface area contributed by atoms with Crippen molar-refractivity contribution in [3.05, 3.63) is 54.0 Å². The molecule has 3 nitrogen and oxygen atoms in total. The Bertz CT molecular complexity index is 516. The first-order chi connectivity index (χ1) is 7.84. The number of fused-ring (bicyclic) bond motifs is 1.